The number of unbranched alkanes of at least 4 members (excludes halogenated alkanes) is 1. The molecule has 0 bridgehead atoms. The number of aliphatic hydroxyl groups is 1. The van der Waals surface area contributed by atoms with Crippen molar-refractivity contribution >= 4 is 23.7 Å². The Morgan fingerprint density at radius 3 is 2.52 bits per heavy atom. The number of esters is 1. The molecule has 9 atom stereocenters. The van der Waals surface area contributed by atoms with Crippen LogP contribution in [0.2, 0.25) is 0 Å². The van der Waals surface area contributed by atoms with Gasteiger partial charge in [-0.25, -0.2) is 9.18 Å². The van der Waals surface area contributed by atoms with E-state index in [-0.39, 0.29) is 31.8 Å². The second-order valence-electron chi connectivity index (χ2n) is 14.2. The highest BCUT2D eigenvalue weighted by atomic mass is 19.1. The smallest absolute Gasteiger partial charge is 0.464 e. The highest BCUT2D eigenvalue weighted by Gasteiger charge is 2.80. The summed E-state index contributed by atoms with van der Waals surface area (Å²) in [6.45, 7) is 5.36. The largest absolute Gasteiger partial charge is 0.508 e. The van der Waals surface area contributed by atoms with E-state index in [1.54, 1.807) is 33.8 Å². The first-order chi connectivity index (χ1) is 22.4. The molecule has 1 aliphatic heterocycles. The van der Waals surface area contributed by atoms with Crippen LogP contribution in [-0.4, -0.2) is 106 Å². The number of hydrogen-bond donors (Lipinski definition) is 4. The normalized spacial score (nSPS) is 38.3. The van der Waals surface area contributed by atoms with Crippen LogP contribution >= 0.6 is 0 Å². The summed E-state index contributed by atoms with van der Waals surface area (Å²) in [5.41, 5.74) is 0.249. The predicted molar refractivity (Wildman–Crippen MR) is 158 cm³/mol. The van der Waals surface area contributed by atoms with Crippen molar-refractivity contribution in [3.05, 3.63) is 23.8 Å². The van der Waals surface area contributed by atoms with Crippen molar-refractivity contribution in [1.82, 2.24) is 5.39 Å². The molecule has 5 aliphatic rings. The van der Waals surface area contributed by atoms with Crippen molar-refractivity contribution in [2.24, 2.45) is 28.4 Å². The first-order valence-electron chi connectivity index (χ1n) is 16.2. The fraction of sp³-hybridized carbons (Fsp3) is 0.750. The van der Waals surface area contributed by atoms with Crippen LogP contribution < -0.4 is 5.73 Å². The van der Waals surface area contributed by atoms with E-state index in [2.05, 4.69) is 4.84 Å². The molecule has 0 aromatic carbocycles. The number of fused-ring (bicyclic) bond motifs is 7. The van der Waals surface area contributed by atoms with Crippen LogP contribution in [0.3, 0.4) is 0 Å². The van der Waals surface area contributed by atoms with E-state index in [9.17, 15) is 24.3 Å². The van der Waals surface area contributed by atoms with Gasteiger partial charge < -0.3 is 34.5 Å². The number of nitrogens with two attached hydrogens (primary N) is 1. The molecule has 3 saturated carbocycles. The summed E-state index contributed by atoms with van der Waals surface area (Å²) in [7, 11) is 0. The van der Waals surface area contributed by atoms with Gasteiger partial charge in [-0.2, -0.15) is 0 Å². The van der Waals surface area contributed by atoms with E-state index in [0.29, 0.717) is 31.3 Å². The topological polar surface area (TPSA) is 214 Å². The van der Waals surface area contributed by atoms with Gasteiger partial charge in [0.25, 0.3) is 0 Å². The van der Waals surface area contributed by atoms with E-state index in [4.69, 9.17) is 39.8 Å². The molecule has 268 valence electrons. The molecule has 1 heterocycles. The number of rotatable bonds is 12. The van der Waals surface area contributed by atoms with Crippen LogP contribution in [0.5, 0.6) is 0 Å². The number of carbonyl (C=O) groups excluding carboxylic acids is 4. The number of ketones is 2. The van der Waals surface area contributed by atoms with Crippen molar-refractivity contribution in [2.75, 3.05) is 26.4 Å². The lowest BCUT2D eigenvalue weighted by atomic mass is 9.44. The first kappa shape index (κ1) is 36.5. The number of alkyl halides is 1. The Balaban J connectivity index is 1.24. The van der Waals surface area contributed by atoms with E-state index in [0.717, 1.165) is 0 Å². The van der Waals surface area contributed by atoms with E-state index >= 15 is 4.39 Å². The van der Waals surface area contributed by atoms with Gasteiger partial charge in [0.05, 0.1) is 30.8 Å². The molecule has 5 rings (SSSR count). The van der Waals surface area contributed by atoms with Gasteiger partial charge in [0.2, 0.25) is 5.78 Å². The third kappa shape index (κ3) is 5.99. The molecule has 0 spiro atoms. The number of hydrogen-bond acceptors (Lipinski definition) is 15. The molecule has 0 aromatic rings. The first-order valence-corrected chi connectivity index (χ1v) is 16.2. The molecular formula is C32H45FN2O13. The average Bonchev–Trinajstić information content (AvgIpc) is 3.42. The minimum absolute atomic E-state index is 0.0305. The van der Waals surface area contributed by atoms with Crippen LogP contribution in [0.1, 0.15) is 66.2 Å². The lowest BCUT2D eigenvalue weighted by molar-refractivity contribution is -0.492. The van der Waals surface area contributed by atoms with Crippen LogP contribution in [0.25, 0.3) is 0 Å². The second-order valence-corrected chi connectivity index (χ2v) is 14.2. The fourth-order valence-electron chi connectivity index (χ4n) is 8.94. The third-order valence-electron chi connectivity index (χ3n) is 11.0. The molecule has 48 heavy (non-hydrogen) atoms. The van der Waals surface area contributed by atoms with Crippen molar-refractivity contribution < 1.29 is 67.6 Å². The Morgan fingerprint density at radius 2 is 1.81 bits per heavy atom. The Kier molecular flexibility index (Phi) is 9.97. The van der Waals surface area contributed by atoms with Gasteiger partial charge in [-0.1, -0.05) is 18.6 Å². The van der Waals surface area contributed by atoms with Crippen molar-refractivity contribution in [1.29, 1.82) is 0 Å². The van der Waals surface area contributed by atoms with Crippen LogP contribution in [0.4, 0.5) is 9.18 Å². The van der Waals surface area contributed by atoms with Crippen LogP contribution in [0, 0.1) is 22.7 Å². The minimum Gasteiger partial charge on any atom is -0.464 e. The standard InChI is InChI=1S/C32H45FN2O13/c1-28(2)47-25-14-21-20-8-7-18-13-19(36)9-10-29(18,3)31(20,33)23(37)15-30(21,4)32(25,48-28)24(38)17-45-27(40)44-16-22(34)26(39)43-11-5-6-12-46-35(41)42/h9-10,13,20-23,25,37,41-42H,5-8,11-12,14-17,34H2,1-4H3/t20-,21-,22?,23-,25+,29-,30-,31-,32+/m0/s1. The summed E-state index contributed by atoms with van der Waals surface area (Å²) in [6.07, 6.45) is 2.35. The third-order valence-corrected chi connectivity index (χ3v) is 11.0. The molecular weight excluding hydrogens is 639 g/mol. The summed E-state index contributed by atoms with van der Waals surface area (Å²) >= 11 is 0. The number of nitrogens with zero attached hydrogens (tertiary/aromatic N) is 1. The maximum absolute atomic E-state index is 17.6. The van der Waals surface area contributed by atoms with Crippen molar-refractivity contribution in [3.8, 4) is 0 Å². The monoisotopic (exact) mass is 684 g/mol. The highest BCUT2D eigenvalue weighted by Crippen LogP contribution is 2.72. The van der Waals surface area contributed by atoms with E-state index in [1.807, 2.05) is 0 Å². The number of allylic oxidation sites excluding steroid dienone is 4. The molecule has 4 aliphatic carbocycles. The van der Waals surface area contributed by atoms with Crippen LogP contribution in [-0.2, 0) is 42.9 Å². The van der Waals surface area contributed by atoms with Gasteiger partial charge in [-0.15, -0.1) is 0 Å². The van der Waals surface area contributed by atoms with Crippen molar-refractivity contribution in [2.45, 2.75) is 102 Å². The number of ether oxygens (including phenoxy) is 5. The zero-order valence-corrected chi connectivity index (χ0v) is 27.5. The molecule has 0 radical (unpaired) electrons. The number of Topliss-reactive ketones (excluding diaryl/α,β-unsaturated/α-hetero) is 1. The Labute approximate surface area is 276 Å². The van der Waals surface area contributed by atoms with Gasteiger partial charge in [-0.05, 0) is 77.4 Å². The molecule has 4 fully saturated rings. The minimum atomic E-state index is -2.12. The lowest BCUT2D eigenvalue weighted by Gasteiger charge is -2.62. The van der Waals surface area contributed by atoms with Gasteiger partial charge in [0.15, 0.2) is 29.4 Å². The zero-order chi connectivity index (χ0) is 35.3. The number of aliphatic hydroxyl groups excluding tert-OH is 1. The maximum Gasteiger partial charge on any atom is 0.508 e. The molecule has 15 nitrogen and oxygen atoms in total. The summed E-state index contributed by atoms with van der Waals surface area (Å²) in [6, 6.07) is -1.34. The van der Waals surface area contributed by atoms with Crippen LogP contribution in [0.15, 0.2) is 23.8 Å². The molecule has 1 unspecified atom stereocenters. The Bertz CT molecular complexity index is 1370. The number of carbonyl (C=O) groups is 4. The second kappa shape index (κ2) is 13.1. The lowest BCUT2D eigenvalue weighted by Crippen LogP contribution is -2.70. The van der Waals surface area contributed by atoms with Crippen molar-refractivity contribution in [3.63, 3.8) is 0 Å². The Morgan fingerprint density at radius 1 is 1.10 bits per heavy atom. The number of halogens is 1. The van der Waals surface area contributed by atoms with Gasteiger partial charge in [0, 0.05) is 16.7 Å². The highest BCUT2D eigenvalue weighted by molar-refractivity contribution is 6.01. The molecule has 16 heteroatoms. The summed E-state index contributed by atoms with van der Waals surface area (Å²) in [5.74, 6) is -4.06. The predicted octanol–water partition coefficient (Wildman–Crippen LogP) is 2.24. The molecule has 0 amide bonds. The molecule has 5 N–H and O–H groups in total. The molecule has 1 saturated heterocycles. The maximum atomic E-state index is 17.6. The quantitative estimate of drug-likeness (QED) is 0.132. The van der Waals surface area contributed by atoms with E-state index < -0.39 is 94.5 Å². The SMILES string of the molecule is CC1(C)O[C@@H]2C[C@H]3[C@@H]4CCC5=CC(=O)C=C[C@]5(C)[C@@]4(F)[C@@H](O)C[C@]3(C)[C@]2(C(=O)COC(=O)OCC(N)C(=O)OCCCCON(O)O)O1. The Hall–Kier alpha value is -2.83. The zero-order valence-electron chi connectivity index (χ0n) is 27.5. The van der Waals surface area contributed by atoms with Gasteiger partial charge in [-0.3, -0.25) is 29.6 Å². The summed E-state index contributed by atoms with van der Waals surface area (Å²) in [4.78, 5) is 55.2. The average molecular weight is 685 g/mol. The summed E-state index contributed by atoms with van der Waals surface area (Å²) in [5, 5.41) is 28.2. The summed E-state index contributed by atoms with van der Waals surface area (Å²) < 4.78 is 45.3. The van der Waals surface area contributed by atoms with Gasteiger partial charge in [0.1, 0.15) is 12.6 Å². The fourth-order valence-corrected chi connectivity index (χ4v) is 8.94. The van der Waals surface area contributed by atoms with Gasteiger partial charge >= 0.3 is 12.1 Å². The molecule has 0 aromatic heterocycles. The van der Waals surface area contributed by atoms with E-state index in [1.165, 1.54) is 12.2 Å².